The Morgan fingerprint density at radius 3 is 2.82 bits per heavy atom. The van der Waals surface area contributed by atoms with Crippen molar-refractivity contribution >= 4 is 28.2 Å². The van der Waals surface area contributed by atoms with Gasteiger partial charge in [0.05, 0.1) is 0 Å². The molecule has 0 atom stereocenters. The van der Waals surface area contributed by atoms with Crippen molar-refractivity contribution in [1.82, 2.24) is 14.9 Å². The minimum atomic E-state index is 0.582. The third-order valence-corrected chi connectivity index (χ3v) is 5.23. The molecule has 22 heavy (non-hydrogen) atoms. The highest BCUT2D eigenvalue weighted by Gasteiger charge is 2.21. The van der Waals surface area contributed by atoms with Crippen molar-refractivity contribution in [2.24, 2.45) is 0 Å². The smallest absolute Gasteiger partial charge is 0.142 e. The van der Waals surface area contributed by atoms with Gasteiger partial charge in [-0.2, -0.15) is 0 Å². The van der Waals surface area contributed by atoms with Crippen LogP contribution in [0.2, 0.25) is 5.15 Å². The van der Waals surface area contributed by atoms with Crippen LogP contribution in [0.3, 0.4) is 0 Å². The minimum Gasteiger partial charge on any atom is -0.329 e. The topological polar surface area (TPSA) is 29.9 Å². The first-order valence-corrected chi connectivity index (χ1v) is 8.78. The molecule has 3 heterocycles. The zero-order chi connectivity index (χ0) is 14.9. The van der Waals surface area contributed by atoms with Gasteiger partial charge in [0.15, 0.2) is 0 Å². The number of halogens is 1. The van der Waals surface area contributed by atoms with Crippen LogP contribution in [-0.2, 0) is 0 Å². The Labute approximate surface area is 136 Å². The van der Waals surface area contributed by atoms with Crippen LogP contribution in [0.1, 0.15) is 50.1 Å². The van der Waals surface area contributed by atoms with E-state index in [-0.39, 0.29) is 0 Å². The molecule has 1 N–H and O–H groups in total. The second-order valence-electron chi connectivity index (χ2n) is 6.43. The van der Waals surface area contributed by atoms with E-state index in [0.717, 1.165) is 25.2 Å². The van der Waals surface area contributed by atoms with Crippen molar-refractivity contribution in [3.8, 4) is 0 Å². The fraction of sp³-hybridized carbons (Fsp3) is 0.500. The summed E-state index contributed by atoms with van der Waals surface area (Å²) in [6, 6.07) is 4.64. The largest absolute Gasteiger partial charge is 0.329 e. The average Bonchev–Trinajstić information content (AvgIpc) is 2.95. The molecule has 0 amide bonds. The van der Waals surface area contributed by atoms with Gasteiger partial charge in [0.1, 0.15) is 10.8 Å². The maximum absolute atomic E-state index is 6.18. The lowest BCUT2D eigenvalue weighted by Gasteiger charge is -2.23. The number of rotatable bonds is 2. The first-order valence-electron chi connectivity index (χ1n) is 8.40. The van der Waals surface area contributed by atoms with Crippen molar-refractivity contribution in [2.75, 3.05) is 13.1 Å². The Kier molecular flexibility index (Phi) is 3.93. The summed E-state index contributed by atoms with van der Waals surface area (Å²) in [4.78, 5) is 4.65. The van der Waals surface area contributed by atoms with Crippen molar-refractivity contribution in [3.05, 3.63) is 35.1 Å². The van der Waals surface area contributed by atoms with E-state index in [4.69, 9.17) is 11.6 Å². The molecular formula is C18H22ClN3. The van der Waals surface area contributed by atoms with Crippen LogP contribution < -0.4 is 5.32 Å². The molecular weight excluding hydrogens is 294 g/mol. The number of pyridine rings is 1. The first-order chi connectivity index (χ1) is 10.8. The summed E-state index contributed by atoms with van der Waals surface area (Å²) < 4.78 is 2.40. The van der Waals surface area contributed by atoms with Crippen LogP contribution in [0, 0.1) is 0 Å². The molecule has 0 spiro atoms. The van der Waals surface area contributed by atoms with Gasteiger partial charge in [0, 0.05) is 29.7 Å². The number of hydrogen-bond acceptors (Lipinski definition) is 2. The van der Waals surface area contributed by atoms with E-state index in [1.54, 1.807) is 0 Å². The molecule has 0 unspecified atom stereocenters. The first kappa shape index (κ1) is 14.3. The molecule has 2 aromatic rings. The van der Waals surface area contributed by atoms with Crippen LogP contribution >= 0.6 is 11.6 Å². The molecule has 0 bridgehead atoms. The van der Waals surface area contributed by atoms with Gasteiger partial charge in [-0.05, 0) is 43.5 Å². The van der Waals surface area contributed by atoms with Crippen molar-refractivity contribution in [1.29, 1.82) is 0 Å². The fourth-order valence-electron chi connectivity index (χ4n) is 3.86. The van der Waals surface area contributed by atoms with Gasteiger partial charge in [-0.15, -0.1) is 0 Å². The third-order valence-electron chi connectivity index (χ3n) is 5.02. The summed E-state index contributed by atoms with van der Waals surface area (Å²) in [6.45, 7) is 2.02. The van der Waals surface area contributed by atoms with Gasteiger partial charge in [-0.3, -0.25) is 0 Å². The molecule has 4 heteroatoms. The van der Waals surface area contributed by atoms with Gasteiger partial charge in [0.2, 0.25) is 0 Å². The Morgan fingerprint density at radius 1 is 1.18 bits per heavy atom. The lowest BCUT2D eigenvalue weighted by atomic mass is 9.95. The summed E-state index contributed by atoms with van der Waals surface area (Å²) in [6.07, 6.45) is 12.3. The van der Waals surface area contributed by atoms with Crippen LogP contribution in [0.15, 0.2) is 24.4 Å². The maximum Gasteiger partial charge on any atom is 0.142 e. The van der Waals surface area contributed by atoms with Crippen LogP contribution in [-0.4, -0.2) is 22.6 Å². The van der Waals surface area contributed by atoms with Crippen LogP contribution in [0.4, 0.5) is 0 Å². The molecule has 2 aromatic heterocycles. The van der Waals surface area contributed by atoms with E-state index in [2.05, 4.69) is 33.2 Å². The van der Waals surface area contributed by atoms with E-state index in [9.17, 15) is 0 Å². The Morgan fingerprint density at radius 2 is 2.05 bits per heavy atom. The van der Waals surface area contributed by atoms with E-state index in [1.807, 2.05) is 6.07 Å². The van der Waals surface area contributed by atoms with E-state index in [1.165, 1.54) is 48.6 Å². The Balaban J connectivity index is 1.85. The summed E-state index contributed by atoms with van der Waals surface area (Å²) in [5, 5.41) is 5.24. The lowest BCUT2D eigenvalue weighted by molar-refractivity contribution is 0.359. The monoisotopic (exact) mass is 315 g/mol. The van der Waals surface area contributed by atoms with Crippen molar-refractivity contribution in [3.63, 3.8) is 0 Å². The van der Waals surface area contributed by atoms with Gasteiger partial charge in [0.25, 0.3) is 0 Å². The average molecular weight is 316 g/mol. The number of nitrogens with zero attached hydrogens (tertiary/aromatic N) is 2. The highest BCUT2D eigenvalue weighted by molar-refractivity contribution is 6.29. The molecule has 1 saturated carbocycles. The summed E-state index contributed by atoms with van der Waals surface area (Å²) in [5.74, 6) is 0. The molecule has 0 aromatic carbocycles. The van der Waals surface area contributed by atoms with E-state index in [0.29, 0.717) is 11.2 Å². The van der Waals surface area contributed by atoms with E-state index < -0.39 is 0 Å². The molecule has 1 aliphatic heterocycles. The minimum absolute atomic E-state index is 0.582. The normalized spacial score (nSPS) is 20.3. The molecule has 0 radical (unpaired) electrons. The van der Waals surface area contributed by atoms with Crippen LogP contribution in [0.5, 0.6) is 0 Å². The zero-order valence-electron chi connectivity index (χ0n) is 12.8. The molecule has 1 aliphatic carbocycles. The predicted octanol–water partition coefficient (Wildman–Crippen LogP) is 4.57. The van der Waals surface area contributed by atoms with Crippen molar-refractivity contribution in [2.45, 2.75) is 44.6 Å². The third kappa shape index (κ3) is 2.57. The summed E-state index contributed by atoms with van der Waals surface area (Å²) >= 11 is 6.18. The van der Waals surface area contributed by atoms with E-state index >= 15 is 0 Å². The molecule has 1 fully saturated rings. The lowest BCUT2D eigenvalue weighted by Crippen LogP contribution is -2.20. The molecule has 0 saturated heterocycles. The van der Waals surface area contributed by atoms with Gasteiger partial charge >= 0.3 is 0 Å². The molecule has 4 rings (SSSR count). The molecule has 3 nitrogen and oxygen atoms in total. The van der Waals surface area contributed by atoms with Crippen molar-refractivity contribution < 1.29 is 0 Å². The number of nitrogens with one attached hydrogen (secondary N) is 1. The van der Waals surface area contributed by atoms with Gasteiger partial charge < -0.3 is 9.88 Å². The number of hydrogen-bond donors (Lipinski definition) is 1. The zero-order valence-corrected chi connectivity index (χ0v) is 13.6. The Hall–Kier alpha value is -1.32. The highest BCUT2D eigenvalue weighted by atomic mass is 35.5. The maximum atomic E-state index is 6.18. The molecule has 2 aliphatic rings. The second-order valence-corrected chi connectivity index (χ2v) is 6.82. The quantitative estimate of drug-likeness (QED) is 0.823. The second kappa shape index (κ2) is 6.05. The Bertz CT molecular complexity index is 710. The predicted molar refractivity (Wildman–Crippen MR) is 92.3 cm³/mol. The number of fused-ring (bicyclic) bond motifs is 1. The molecule has 116 valence electrons. The fourth-order valence-corrected chi connectivity index (χ4v) is 4.01. The van der Waals surface area contributed by atoms with Crippen LogP contribution in [0.25, 0.3) is 16.6 Å². The highest BCUT2D eigenvalue weighted by Crippen LogP contribution is 2.36. The standard InChI is InChI=1S/C18H22ClN3/c19-17-7-6-15-16(13-8-10-20-11-9-13)12-22(18(15)21-17)14-4-2-1-3-5-14/h6-8,12,14,20H,1-5,9-11H2. The summed E-state index contributed by atoms with van der Waals surface area (Å²) in [7, 11) is 0. The number of aromatic nitrogens is 2. The van der Waals surface area contributed by atoms with Gasteiger partial charge in [-0.1, -0.05) is 36.9 Å². The summed E-state index contributed by atoms with van der Waals surface area (Å²) in [5.41, 5.74) is 3.86. The van der Waals surface area contributed by atoms with Gasteiger partial charge in [-0.25, -0.2) is 4.98 Å². The SMILES string of the molecule is Clc1ccc2c(C3=CCNCC3)cn(C3CCCCC3)c2n1.